The number of ether oxygens (including phenoxy) is 13. The Morgan fingerprint density at radius 3 is 0.843 bits per heavy atom. The summed E-state index contributed by atoms with van der Waals surface area (Å²) in [6.07, 6.45) is 8.78. The molecule has 0 N–H and O–H groups in total. The van der Waals surface area contributed by atoms with Gasteiger partial charge in [-0.3, -0.25) is 4.79 Å². The summed E-state index contributed by atoms with van der Waals surface area (Å²) in [6, 6.07) is 0. The predicted octanol–water partition coefficient (Wildman–Crippen LogP) is 4.11. The number of carbonyl (C=O) groups excluding carboxylic acids is 1. The molecule has 0 radical (unpaired) electrons. The maximum atomic E-state index is 11.7. The molecule has 0 bridgehead atoms. The van der Waals surface area contributed by atoms with Crippen LogP contribution in [-0.2, 0) is 66.4 Å². The molecule has 0 spiro atoms. The standard InChI is InChI=1S/C36H71ClO14/c1-2-3-4-5-6-7-8-9-36(38)51-35-34-50-33-32-49-31-30-48-29-28-47-27-26-46-25-24-45-23-22-44-21-20-43-19-18-42-17-16-41-15-14-40-13-12-39-11-10-37/h2-35H2,1H3. The van der Waals surface area contributed by atoms with Crippen molar-refractivity contribution in [2.45, 2.75) is 58.3 Å². The van der Waals surface area contributed by atoms with Crippen molar-refractivity contribution in [1.82, 2.24) is 0 Å². The van der Waals surface area contributed by atoms with Gasteiger partial charge in [0.15, 0.2) is 0 Å². The van der Waals surface area contributed by atoms with Gasteiger partial charge in [-0.05, 0) is 6.42 Å². The van der Waals surface area contributed by atoms with Gasteiger partial charge in [-0.1, -0.05) is 45.4 Å². The Balaban J connectivity index is 3.09. The van der Waals surface area contributed by atoms with Gasteiger partial charge in [-0.25, -0.2) is 0 Å². The smallest absolute Gasteiger partial charge is 0.305 e. The maximum Gasteiger partial charge on any atom is 0.305 e. The molecule has 0 aromatic heterocycles. The Hall–Kier alpha value is -0.720. The molecule has 0 fully saturated rings. The van der Waals surface area contributed by atoms with E-state index in [0.29, 0.717) is 171 Å². The normalized spacial score (nSPS) is 11.5. The first kappa shape index (κ1) is 50.3. The zero-order chi connectivity index (χ0) is 36.8. The fourth-order valence-corrected chi connectivity index (χ4v) is 4.20. The lowest BCUT2D eigenvalue weighted by molar-refractivity contribution is -0.145. The van der Waals surface area contributed by atoms with E-state index in [9.17, 15) is 4.79 Å². The minimum absolute atomic E-state index is 0.142. The van der Waals surface area contributed by atoms with Crippen molar-refractivity contribution >= 4 is 17.6 Å². The molecule has 0 unspecified atom stereocenters. The van der Waals surface area contributed by atoms with Crippen molar-refractivity contribution in [1.29, 1.82) is 0 Å². The Morgan fingerprint density at radius 2 is 0.569 bits per heavy atom. The molecule has 306 valence electrons. The van der Waals surface area contributed by atoms with Crippen LogP contribution in [0.5, 0.6) is 0 Å². The SMILES string of the molecule is CCCCCCCCCC(=O)OCCOCCOCCOCCOCCOCCOCCOCCOCCOCCOCCOCCOCCCl. The summed E-state index contributed by atoms with van der Waals surface area (Å²) < 4.78 is 70.4. The average Bonchev–Trinajstić information content (AvgIpc) is 3.14. The van der Waals surface area contributed by atoms with Gasteiger partial charge < -0.3 is 61.6 Å². The van der Waals surface area contributed by atoms with Gasteiger partial charge in [-0.2, -0.15) is 0 Å². The van der Waals surface area contributed by atoms with E-state index in [4.69, 9.17) is 73.2 Å². The molecule has 15 heteroatoms. The highest BCUT2D eigenvalue weighted by molar-refractivity contribution is 6.17. The third-order valence-corrected chi connectivity index (χ3v) is 6.94. The summed E-state index contributed by atoms with van der Waals surface area (Å²) in [5, 5.41) is 0. The molecule has 0 heterocycles. The molecule has 0 saturated carbocycles. The minimum Gasteiger partial charge on any atom is -0.463 e. The predicted molar refractivity (Wildman–Crippen MR) is 194 cm³/mol. The number of alkyl halides is 1. The van der Waals surface area contributed by atoms with Gasteiger partial charge in [-0.15, -0.1) is 11.6 Å². The second-order valence-corrected chi connectivity index (χ2v) is 11.5. The highest BCUT2D eigenvalue weighted by Gasteiger charge is 2.03. The van der Waals surface area contributed by atoms with Crippen LogP contribution in [0.25, 0.3) is 0 Å². The molecule has 0 aliphatic carbocycles. The van der Waals surface area contributed by atoms with Crippen LogP contribution in [0.1, 0.15) is 58.3 Å². The van der Waals surface area contributed by atoms with Gasteiger partial charge in [0, 0.05) is 12.3 Å². The van der Waals surface area contributed by atoms with E-state index in [2.05, 4.69) is 6.92 Å². The average molecular weight is 763 g/mol. The Morgan fingerprint density at radius 1 is 0.333 bits per heavy atom. The van der Waals surface area contributed by atoms with Crippen LogP contribution < -0.4 is 0 Å². The number of esters is 1. The molecule has 0 aromatic carbocycles. The van der Waals surface area contributed by atoms with E-state index in [0.717, 1.165) is 12.8 Å². The van der Waals surface area contributed by atoms with E-state index in [-0.39, 0.29) is 12.6 Å². The maximum absolute atomic E-state index is 11.7. The Kier molecular flexibility index (Phi) is 46.6. The molecule has 0 aromatic rings. The summed E-state index contributed by atoms with van der Waals surface area (Å²) in [7, 11) is 0. The van der Waals surface area contributed by atoms with Crippen LogP contribution in [0.3, 0.4) is 0 Å². The quantitative estimate of drug-likeness (QED) is 0.0500. The van der Waals surface area contributed by atoms with E-state index in [1.807, 2.05) is 0 Å². The van der Waals surface area contributed by atoms with Crippen molar-refractivity contribution in [3.05, 3.63) is 0 Å². The van der Waals surface area contributed by atoms with Gasteiger partial charge in [0.25, 0.3) is 0 Å². The van der Waals surface area contributed by atoms with E-state index < -0.39 is 0 Å². The summed E-state index contributed by atoms with van der Waals surface area (Å²) in [5.41, 5.74) is 0. The van der Waals surface area contributed by atoms with E-state index in [1.165, 1.54) is 32.1 Å². The zero-order valence-electron chi connectivity index (χ0n) is 31.6. The second kappa shape index (κ2) is 47.3. The Labute approximate surface area is 312 Å². The Bertz CT molecular complexity index is 653. The molecule has 0 amide bonds. The van der Waals surface area contributed by atoms with Crippen molar-refractivity contribution in [2.24, 2.45) is 0 Å². The zero-order valence-corrected chi connectivity index (χ0v) is 32.4. The molecular formula is C36H71ClO14. The molecule has 0 aliphatic heterocycles. The largest absolute Gasteiger partial charge is 0.463 e. The van der Waals surface area contributed by atoms with Crippen LogP contribution in [0, 0.1) is 0 Å². The molecule has 14 nitrogen and oxygen atoms in total. The number of carbonyl (C=O) groups is 1. The lowest BCUT2D eigenvalue weighted by Gasteiger charge is -2.09. The van der Waals surface area contributed by atoms with Gasteiger partial charge in [0.1, 0.15) is 6.61 Å². The van der Waals surface area contributed by atoms with Crippen molar-refractivity contribution in [2.75, 3.05) is 171 Å². The van der Waals surface area contributed by atoms with E-state index >= 15 is 0 Å². The first-order valence-electron chi connectivity index (χ1n) is 19.0. The molecule has 0 atom stereocenters. The fraction of sp³-hybridized carbons (Fsp3) is 0.972. The summed E-state index contributed by atoms with van der Waals surface area (Å²) >= 11 is 5.51. The van der Waals surface area contributed by atoms with Crippen LogP contribution in [-0.4, -0.2) is 177 Å². The topological polar surface area (TPSA) is 137 Å². The highest BCUT2D eigenvalue weighted by atomic mass is 35.5. The first-order chi connectivity index (χ1) is 25.3. The van der Waals surface area contributed by atoms with Crippen LogP contribution >= 0.6 is 11.6 Å². The number of halogens is 1. The lowest BCUT2D eigenvalue weighted by Crippen LogP contribution is -2.15. The van der Waals surface area contributed by atoms with Gasteiger partial charge >= 0.3 is 5.97 Å². The molecule has 0 aliphatic rings. The van der Waals surface area contributed by atoms with Crippen molar-refractivity contribution < 1.29 is 66.4 Å². The molecule has 51 heavy (non-hydrogen) atoms. The third kappa shape index (κ3) is 47.3. The van der Waals surface area contributed by atoms with Crippen LogP contribution in [0.2, 0.25) is 0 Å². The second-order valence-electron chi connectivity index (χ2n) is 11.1. The van der Waals surface area contributed by atoms with Crippen LogP contribution in [0.15, 0.2) is 0 Å². The number of hydrogen-bond acceptors (Lipinski definition) is 14. The van der Waals surface area contributed by atoms with Gasteiger partial charge in [0.05, 0.1) is 159 Å². The van der Waals surface area contributed by atoms with Crippen molar-refractivity contribution in [3.8, 4) is 0 Å². The summed E-state index contributed by atoms with van der Waals surface area (Å²) in [4.78, 5) is 11.7. The monoisotopic (exact) mass is 762 g/mol. The summed E-state index contributed by atoms with van der Waals surface area (Å²) in [5.74, 6) is 0.352. The molecular weight excluding hydrogens is 692 g/mol. The lowest BCUT2D eigenvalue weighted by atomic mass is 10.1. The third-order valence-electron chi connectivity index (χ3n) is 6.79. The highest BCUT2D eigenvalue weighted by Crippen LogP contribution is 2.08. The number of rotatable bonds is 46. The minimum atomic E-state index is -0.142. The molecule has 0 rings (SSSR count). The fourth-order valence-electron chi connectivity index (χ4n) is 4.09. The van der Waals surface area contributed by atoms with Crippen molar-refractivity contribution in [3.63, 3.8) is 0 Å². The summed E-state index contributed by atoms with van der Waals surface area (Å²) in [6.45, 7) is 14.5. The number of hydrogen-bond donors (Lipinski definition) is 0. The van der Waals surface area contributed by atoms with Crippen LogP contribution in [0.4, 0.5) is 0 Å². The van der Waals surface area contributed by atoms with Gasteiger partial charge in [0.2, 0.25) is 0 Å². The van der Waals surface area contributed by atoms with E-state index in [1.54, 1.807) is 0 Å². The number of unbranched alkanes of at least 4 members (excludes halogenated alkanes) is 6. The first-order valence-corrected chi connectivity index (χ1v) is 19.5. The molecule has 0 saturated heterocycles.